The van der Waals surface area contributed by atoms with E-state index >= 15 is 0 Å². The minimum atomic E-state index is -1.45. The lowest BCUT2D eigenvalue weighted by Crippen LogP contribution is -2.30. The molecule has 0 fully saturated rings. The van der Waals surface area contributed by atoms with Crippen molar-refractivity contribution in [2.24, 2.45) is 0 Å². The third kappa shape index (κ3) is 3.39. The zero-order valence-corrected chi connectivity index (χ0v) is 14.4. The van der Waals surface area contributed by atoms with Gasteiger partial charge < -0.3 is 14.6 Å². The van der Waals surface area contributed by atoms with Crippen molar-refractivity contribution in [1.82, 2.24) is 0 Å². The van der Waals surface area contributed by atoms with Crippen molar-refractivity contribution < 1.29 is 14.6 Å². The van der Waals surface area contributed by atoms with Crippen LogP contribution < -0.4 is 0 Å². The summed E-state index contributed by atoms with van der Waals surface area (Å²) >= 11 is 0. The van der Waals surface area contributed by atoms with Crippen LogP contribution >= 0.6 is 0 Å². The van der Waals surface area contributed by atoms with E-state index in [0.29, 0.717) is 28.9 Å². The summed E-state index contributed by atoms with van der Waals surface area (Å²) in [4.78, 5) is 0. The number of aliphatic hydroxyl groups excluding tert-OH is 1. The second kappa shape index (κ2) is 7.68. The number of hydrogen-bond acceptors (Lipinski definition) is 3. The Hall–Kier alpha value is -2.36. The maximum absolute atomic E-state index is 11.8. The minimum Gasteiger partial charge on any atom is -0.465 e. The smallest absolute Gasteiger partial charge is 0.173 e. The van der Waals surface area contributed by atoms with Crippen molar-refractivity contribution in [1.29, 1.82) is 0 Å². The van der Waals surface area contributed by atoms with Crippen LogP contribution in [0.15, 0.2) is 77.4 Å². The van der Waals surface area contributed by atoms with Crippen LogP contribution in [0.5, 0.6) is 0 Å². The van der Waals surface area contributed by atoms with Crippen LogP contribution in [-0.2, 0) is 5.60 Å². The van der Waals surface area contributed by atoms with Crippen molar-refractivity contribution in [3.05, 3.63) is 95.4 Å². The van der Waals surface area contributed by atoms with Crippen LogP contribution in [-0.4, -0.2) is 10.2 Å². The first-order chi connectivity index (χ1) is 12.2. The van der Waals surface area contributed by atoms with E-state index in [4.69, 9.17) is 4.42 Å². The number of hydrogen-bond donors (Lipinski definition) is 2. The molecule has 0 aliphatic rings. The molecule has 1 atom stereocenters. The molecule has 0 saturated heterocycles. The molecular weight excluding hydrogens is 312 g/mol. The molecule has 1 unspecified atom stereocenters. The Bertz CT molecular complexity index is 738. The van der Waals surface area contributed by atoms with Gasteiger partial charge in [-0.25, -0.2) is 0 Å². The van der Waals surface area contributed by atoms with E-state index in [1.54, 1.807) is 6.07 Å². The molecule has 25 heavy (non-hydrogen) atoms. The Morgan fingerprint density at radius 3 is 2.00 bits per heavy atom. The standard InChI is InChI=1S/C22H24O3/c1-2-3-14-20(23)19-15-16-25-21(19)22(24,17-10-6-4-7-11-17)18-12-8-5-9-13-18/h4-13,15-16,20,23-24H,2-3,14H2,1H3. The number of aliphatic hydroxyl groups is 2. The number of benzene rings is 2. The van der Waals surface area contributed by atoms with Crippen LogP contribution in [0, 0.1) is 0 Å². The summed E-state index contributed by atoms with van der Waals surface area (Å²) in [6, 6.07) is 20.6. The van der Waals surface area contributed by atoms with Gasteiger partial charge in [-0.3, -0.25) is 0 Å². The third-order valence-corrected chi connectivity index (χ3v) is 4.60. The molecule has 0 amide bonds. The van der Waals surface area contributed by atoms with Gasteiger partial charge in [0.15, 0.2) is 5.60 Å². The summed E-state index contributed by atoms with van der Waals surface area (Å²) in [7, 11) is 0. The molecular formula is C22H24O3. The van der Waals surface area contributed by atoms with Gasteiger partial charge >= 0.3 is 0 Å². The van der Waals surface area contributed by atoms with Gasteiger partial charge in [0.2, 0.25) is 0 Å². The van der Waals surface area contributed by atoms with Crippen LogP contribution in [0.2, 0.25) is 0 Å². The van der Waals surface area contributed by atoms with E-state index in [1.165, 1.54) is 6.26 Å². The lowest BCUT2D eigenvalue weighted by atomic mass is 9.81. The van der Waals surface area contributed by atoms with Gasteiger partial charge in [-0.2, -0.15) is 0 Å². The van der Waals surface area contributed by atoms with Crippen LogP contribution in [0.25, 0.3) is 0 Å². The van der Waals surface area contributed by atoms with E-state index in [1.807, 2.05) is 60.7 Å². The largest absolute Gasteiger partial charge is 0.465 e. The second-order valence-corrected chi connectivity index (χ2v) is 6.31. The molecule has 0 radical (unpaired) electrons. The number of rotatable bonds is 7. The maximum Gasteiger partial charge on any atom is 0.173 e. The number of furan rings is 1. The average Bonchev–Trinajstić information content (AvgIpc) is 3.17. The molecule has 0 spiro atoms. The fourth-order valence-electron chi connectivity index (χ4n) is 3.22. The van der Waals surface area contributed by atoms with Gasteiger partial charge in [0.25, 0.3) is 0 Å². The van der Waals surface area contributed by atoms with Crippen LogP contribution in [0.1, 0.15) is 54.7 Å². The molecule has 3 heteroatoms. The summed E-state index contributed by atoms with van der Waals surface area (Å²) < 4.78 is 5.73. The van der Waals surface area contributed by atoms with Crippen molar-refractivity contribution in [3.8, 4) is 0 Å². The predicted molar refractivity (Wildman–Crippen MR) is 98.2 cm³/mol. The lowest BCUT2D eigenvalue weighted by Gasteiger charge is -2.29. The Balaban J connectivity index is 2.13. The molecule has 3 rings (SSSR count). The molecule has 0 aliphatic carbocycles. The van der Waals surface area contributed by atoms with Crippen LogP contribution in [0.4, 0.5) is 0 Å². The molecule has 0 saturated carbocycles. The summed E-state index contributed by atoms with van der Waals surface area (Å²) in [6.45, 7) is 2.09. The van der Waals surface area contributed by atoms with Crippen molar-refractivity contribution >= 4 is 0 Å². The lowest BCUT2D eigenvalue weighted by molar-refractivity contribution is 0.0889. The third-order valence-electron chi connectivity index (χ3n) is 4.60. The topological polar surface area (TPSA) is 53.6 Å². The van der Waals surface area contributed by atoms with Gasteiger partial charge in [-0.15, -0.1) is 0 Å². The minimum absolute atomic E-state index is 0.383. The molecule has 1 aromatic heterocycles. The zero-order valence-electron chi connectivity index (χ0n) is 14.4. The van der Waals surface area contributed by atoms with Gasteiger partial charge in [0.05, 0.1) is 12.4 Å². The molecule has 0 aliphatic heterocycles. The average molecular weight is 336 g/mol. The summed E-state index contributed by atoms with van der Waals surface area (Å²) in [6.07, 6.45) is 3.44. The van der Waals surface area contributed by atoms with Gasteiger partial charge in [0.1, 0.15) is 5.76 Å². The first-order valence-electron chi connectivity index (χ1n) is 8.77. The molecule has 3 nitrogen and oxygen atoms in total. The predicted octanol–water partition coefficient (Wildman–Crippen LogP) is 4.79. The SMILES string of the molecule is CCCCC(O)c1ccoc1C(O)(c1ccccc1)c1ccccc1. The van der Waals surface area contributed by atoms with E-state index in [-0.39, 0.29) is 0 Å². The van der Waals surface area contributed by atoms with Crippen molar-refractivity contribution in [3.63, 3.8) is 0 Å². The van der Waals surface area contributed by atoms with Crippen LogP contribution in [0.3, 0.4) is 0 Å². The first kappa shape index (κ1) is 17.5. The monoisotopic (exact) mass is 336 g/mol. The molecule has 1 heterocycles. The second-order valence-electron chi connectivity index (χ2n) is 6.31. The van der Waals surface area contributed by atoms with Crippen molar-refractivity contribution in [2.75, 3.05) is 0 Å². The van der Waals surface area contributed by atoms with E-state index in [9.17, 15) is 10.2 Å². The molecule has 0 bridgehead atoms. The van der Waals surface area contributed by atoms with Gasteiger partial charge in [-0.05, 0) is 23.6 Å². The summed E-state index contributed by atoms with van der Waals surface area (Å²) in [5.41, 5.74) is 0.609. The fraction of sp³-hybridized carbons (Fsp3) is 0.273. The highest BCUT2D eigenvalue weighted by Gasteiger charge is 2.39. The fourth-order valence-corrected chi connectivity index (χ4v) is 3.22. The molecule has 3 aromatic rings. The van der Waals surface area contributed by atoms with E-state index < -0.39 is 11.7 Å². The molecule has 130 valence electrons. The highest BCUT2D eigenvalue weighted by Crippen LogP contribution is 2.41. The quantitative estimate of drug-likeness (QED) is 0.652. The van der Waals surface area contributed by atoms with E-state index in [0.717, 1.165) is 12.8 Å². The highest BCUT2D eigenvalue weighted by molar-refractivity contribution is 5.46. The zero-order chi connectivity index (χ0) is 17.7. The van der Waals surface area contributed by atoms with Gasteiger partial charge in [-0.1, -0.05) is 80.4 Å². The van der Waals surface area contributed by atoms with E-state index in [2.05, 4.69) is 6.92 Å². The summed E-state index contributed by atoms with van der Waals surface area (Å²) in [5, 5.41) is 22.4. The Labute approximate surface area is 148 Å². The molecule has 2 N–H and O–H groups in total. The highest BCUT2D eigenvalue weighted by atomic mass is 16.4. The summed E-state index contributed by atoms with van der Waals surface area (Å²) in [5.74, 6) is 0.383. The Kier molecular flexibility index (Phi) is 5.37. The first-order valence-corrected chi connectivity index (χ1v) is 8.77. The van der Waals surface area contributed by atoms with Gasteiger partial charge in [0, 0.05) is 5.56 Å². The Morgan fingerprint density at radius 1 is 0.920 bits per heavy atom. The molecule has 2 aromatic carbocycles. The van der Waals surface area contributed by atoms with Crippen molar-refractivity contribution in [2.45, 2.75) is 37.9 Å². The number of unbranched alkanes of at least 4 members (excludes halogenated alkanes) is 1. The normalized spacial score (nSPS) is 12.9. The Morgan fingerprint density at radius 2 is 1.48 bits per heavy atom. The maximum atomic E-state index is 11.8.